The molecular weight excluding hydrogens is 246 g/mol. The molecular formula is C11H16ClNO2S. The topological polar surface area (TPSA) is 46.2 Å². The van der Waals surface area contributed by atoms with E-state index in [1.807, 2.05) is 30.3 Å². The number of rotatable bonds is 1. The van der Waals surface area contributed by atoms with Crippen LogP contribution in [0.2, 0.25) is 0 Å². The first-order chi connectivity index (χ1) is 7.11. The predicted octanol–water partition coefficient (Wildman–Crippen LogP) is 1.56. The maximum Gasteiger partial charge on any atom is 0.156 e. The van der Waals surface area contributed by atoms with Gasteiger partial charge in [0.05, 0.1) is 11.0 Å². The molecule has 1 saturated heterocycles. The SMILES string of the molecule is CC1C(c2ccccc2)NCCS1(=O)=O.Cl. The molecule has 2 unspecified atom stereocenters. The first-order valence-electron chi connectivity index (χ1n) is 5.11. The van der Waals surface area contributed by atoms with Crippen LogP contribution in [0.4, 0.5) is 0 Å². The summed E-state index contributed by atoms with van der Waals surface area (Å²) >= 11 is 0. The molecule has 2 atom stereocenters. The van der Waals surface area contributed by atoms with Gasteiger partial charge in [-0.2, -0.15) is 0 Å². The van der Waals surface area contributed by atoms with Gasteiger partial charge >= 0.3 is 0 Å². The molecule has 1 aliphatic heterocycles. The summed E-state index contributed by atoms with van der Waals surface area (Å²) in [5.74, 6) is 0.248. The largest absolute Gasteiger partial charge is 0.308 e. The smallest absolute Gasteiger partial charge is 0.156 e. The maximum absolute atomic E-state index is 11.7. The molecule has 90 valence electrons. The quantitative estimate of drug-likeness (QED) is 0.835. The van der Waals surface area contributed by atoms with Crippen LogP contribution in [0.3, 0.4) is 0 Å². The van der Waals surface area contributed by atoms with Crippen LogP contribution in [0.1, 0.15) is 18.5 Å². The van der Waals surface area contributed by atoms with Crippen molar-refractivity contribution >= 4 is 22.2 Å². The Morgan fingerprint density at radius 3 is 2.50 bits per heavy atom. The van der Waals surface area contributed by atoms with Gasteiger partial charge in [0.2, 0.25) is 0 Å². The lowest BCUT2D eigenvalue weighted by Gasteiger charge is -2.30. The summed E-state index contributed by atoms with van der Waals surface area (Å²) in [6.45, 7) is 2.32. The molecule has 0 amide bonds. The van der Waals surface area contributed by atoms with E-state index in [-0.39, 0.29) is 29.5 Å². The summed E-state index contributed by atoms with van der Waals surface area (Å²) in [5, 5.41) is 2.92. The second-order valence-corrected chi connectivity index (χ2v) is 6.39. The van der Waals surface area contributed by atoms with E-state index in [1.54, 1.807) is 6.92 Å². The van der Waals surface area contributed by atoms with Crippen LogP contribution in [0.15, 0.2) is 30.3 Å². The van der Waals surface area contributed by atoms with Crippen molar-refractivity contribution in [1.82, 2.24) is 5.32 Å². The van der Waals surface area contributed by atoms with E-state index in [4.69, 9.17) is 0 Å². The first kappa shape index (κ1) is 13.5. The highest BCUT2D eigenvalue weighted by molar-refractivity contribution is 7.92. The van der Waals surface area contributed by atoms with Crippen LogP contribution in [0.25, 0.3) is 0 Å². The molecule has 1 N–H and O–H groups in total. The molecule has 0 radical (unpaired) electrons. The van der Waals surface area contributed by atoms with E-state index in [0.717, 1.165) is 5.56 Å². The lowest BCUT2D eigenvalue weighted by Crippen LogP contribution is -2.45. The average molecular weight is 262 g/mol. The maximum atomic E-state index is 11.7. The van der Waals surface area contributed by atoms with Crippen molar-refractivity contribution in [3.63, 3.8) is 0 Å². The van der Waals surface area contributed by atoms with Crippen molar-refractivity contribution in [2.75, 3.05) is 12.3 Å². The molecule has 3 nitrogen and oxygen atoms in total. The van der Waals surface area contributed by atoms with Crippen LogP contribution in [-0.4, -0.2) is 26.0 Å². The Hall–Kier alpha value is -0.580. The summed E-state index contributed by atoms with van der Waals surface area (Å²) in [5.41, 5.74) is 1.05. The second-order valence-electron chi connectivity index (χ2n) is 3.91. The number of sulfone groups is 1. The zero-order valence-corrected chi connectivity index (χ0v) is 10.7. The van der Waals surface area contributed by atoms with Crippen molar-refractivity contribution in [3.05, 3.63) is 35.9 Å². The van der Waals surface area contributed by atoms with Crippen LogP contribution in [-0.2, 0) is 9.84 Å². The molecule has 0 aliphatic carbocycles. The minimum Gasteiger partial charge on any atom is -0.308 e. The summed E-state index contributed by atoms with van der Waals surface area (Å²) in [6.07, 6.45) is 0. The highest BCUT2D eigenvalue weighted by Gasteiger charge is 2.33. The molecule has 1 heterocycles. The highest BCUT2D eigenvalue weighted by Crippen LogP contribution is 2.25. The minimum atomic E-state index is -2.92. The van der Waals surface area contributed by atoms with Crippen LogP contribution in [0.5, 0.6) is 0 Å². The van der Waals surface area contributed by atoms with E-state index >= 15 is 0 Å². The fourth-order valence-electron chi connectivity index (χ4n) is 1.97. The van der Waals surface area contributed by atoms with Gasteiger partial charge in [-0.1, -0.05) is 30.3 Å². The Kier molecular flexibility index (Phi) is 4.35. The third-order valence-corrected chi connectivity index (χ3v) is 5.12. The van der Waals surface area contributed by atoms with Crippen molar-refractivity contribution in [1.29, 1.82) is 0 Å². The molecule has 16 heavy (non-hydrogen) atoms. The summed E-state index contributed by atoms with van der Waals surface area (Å²) in [7, 11) is -2.92. The van der Waals surface area contributed by atoms with E-state index in [9.17, 15) is 8.42 Å². The zero-order chi connectivity index (χ0) is 10.9. The Balaban J connectivity index is 0.00000128. The van der Waals surface area contributed by atoms with E-state index in [0.29, 0.717) is 6.54 Å². The van der Waals surface area contributed by atoms with E-state index < -0.39 is 9.84 Å². The minimum absolute atomic E-state index is 0. The Morgan fingerprint density at radius 2 is 1.88 bits per heavy atom. The monoisotopic (exact) mass is 261 g/mol. The molecule has 0 saturated carbocycles. The van der Waals surface area contributed by atoms with Gasteiger partial charge in [-0.15, -0.1) is 12.4 Å². The normalized spacial score (nSPS) is 28.1. The second kappa shape index (κ2) is 5.17. The number of nitrogens with one attached hydrogen (secondary N) is 1. The third kappa shape index (κ3) is 2.56. The average Bonchev–Trinajstić information content (AvgIpc) is 2.23. The molecule has 0 aromatic heterocycles. The van der Waals surface area contributed by atoms with Gasteiger partial charge in [0.15, 0.2) is 9.84 Å². The standard InChI is InChI=1S/C11H15NO2S.ClH/c1-9-11(10-5-3-2-4-6-10)12-7-8-15(9,13)14;/h2-6,9,11-12H,7-8H2,1H3;1H. The fourth-order valence-corrected chi connectivity index (χ4v) is 3.41. The molecule has 2 rings (SSSR count). The van der Waals surface area contributed by atoms with Gasteiger partial charge in [-0.25, -0.2) is 8.42 Å². The van der Waals surface area contributed by atoms with Gasteiger partial charge in [-0.3, -0.25) is 0 Å². The summed E-state index contributed by atoms with van der Waals surface area (Å²) < 4.78 is 23.5. The van der Waals surface area contributed by atoms with Gasteiger partial charge in [-0.05, 0) is 12.5 Å². The van der Waals surface area contributed by atoms with Gasteiger partial charge in [0.25, 0.3) is 0 Å². The van der Waals surface area contributed by atoms with E-state index in [2.05, 4.69) is 5.32 Å². The number of halogens is 1. The van der Waals surface area contributed by atoms with Crippen molar-refractivity contribution in [2.24, 2.45) is 0 Å². The first-order valence-corrected chi connectivity index (χ1v) is 6.83. The molecule has 1 aromatic rings. The van der Waals surface area contributed by atoms with Crippen LogP contribution < -0.4 is 5.32 Å². The van der Waals surface area contributed by atoms with E-state index in [1.165, 1.54) is 0 Å². The molecule has 1 aromatic carbocycles. The van der Waals surface area contributed by atoms with Gasteiger partial charge in [0.1, 0.15) is 0 Å². The fraction of sp³-hybridized carbons (Fsp3) is 0.455. The van der Waals surface area contributed by atoms with Crippen molar-refractivity contribution in [3.8, 4) is 0 Å². The zero-order valence-electron chi connectivity index (χ0n) is 9.09. The Morgan fingerprint density at radius 1 is 1.25 bits per heavy atom. The third-order valence-electron chi connectivity index (χ3n) is 2.95. The molecule has 1 fully saturated rings. The number of hydrogen-bond acceptors (Lipinski definition) is 3. The Labute approximate surface area is 103 Å². The number of benzene rings is 1. The van der Waals surface area contributed by atoms with Gasteiger partial charge in [0, 0.05) is 12.6 Å². The summed E-state index contributed by atoms with van der Waals surface area (Å²) in [4.78, 5) is 0. The molecule has 1 aliphatic rings. The number of hydrogen-bond donors (Lipinski definition) is 1. The molecule has 0 spiro atoms. The predicted molar refractivity (Wildman–Crippen MR) is 67.7 cm³/mol. The molecule has 5 heteroatoms. The van der Waals surface area contributed by atoms with Crippen LogP contribution >= 0.6 is 12.4 Å². The van der Waals surface area contributed by atoms with Gasteiger partial charge < -0.3 is 5.32 Å². The Bertz CT molecular complexity index is 433. The van der Waals surface area contributed by atoms with Crippen molar-refractivity contribution < 1.29 is 8.42 Å². The molecule has 0 bridgehead atoms. The van der Waals surface area contributed by atoms with Crippen molar-refractivity contribution in [2.45, 2.75) is 18.2 Å². The highest BCUT2D eigenvalue weighted by atomic mass is 35.5. The lowest BCUT2D eigenvalue weighted by molar-refractivity contribution is 0.483. The summed E-state index contributed by atoms with van der Waals surface area (Å²) in [6, 6.07) is 9.68. The van der Waals surface area contributed by atoms with Crippen LogP contribution in [0, 0.1) is 0 Å². The lowest BCUT2D eigenvalue weighted by atomic mass is 10.0.